The lowest BCUT2D eigenvalue weighted by atomic mass is 10.4. The Morgan fingerprint density at radius 3 is 1.31 bits per heavy atom. The minimum atomic E-state index is -0.466. The molecule has 0 bridgehead atoms. The van der Waals surface area contributed by atoms with E-state index in [4.69, 9.17) is 20.2 Å². The van der Waals surface area contributed by atoms with Gasteiger partial charge in [-0.25, -0.2) is 9.59 Å². The second kappa shape index (κ2) is 12.2. The predicted octanol–water partition coefficient (Wildman–Crippen LogP) is -0.789. The van der Waals surface area contributed by atoms with Gasteiger partial charge in [0, 0.05) is 52.4 Å². The maximum absolute atomic E-state index is 10.9. The number of carbonyl (C=O) groups excluding carboxylic acids is 2. The van der Waals surface area contributed by atoms with E-state index in [-0.39, 0.29) is 12.8 Å². The van der Waals surface area contributed by atoms with E-state index in [0.717, 1.165) is 26.2 Å². The lowest BCUT2D eigenvalue weighted by Gasteiger charge is -2.30. The van der Waals surface area contributed by atoms with Gasteiger partial charge in [0.1, 0.15) is 12.8 Å². The molecule has 2 aliphatic rings. The third-order valence-electron chi connectivity index (χ3n) is 3.83. The molecule has 0 radical (unpaired) electrons. The van der Waals surface area contributed by atoms with Gasteiger partial charge in [-0.15, -0.1) is 10.1 Å². The molecule has 0 aromatic carbocycles. The molecule has 0 aliphatic carbocycles. The summed E-state index contributed by atoms with van der Waals surface area (Å²) in [4.78, 5) is 36.0. The molecule has 0 spiro atoms. The van der Waals surface area contributed by atoms with Crippen molar-refractivity contribution >= 4 is 11.9 Å². The van der Waals surface area contributed by atoms with Crippen LogP contribution in [0.15, 0.2) is 0 Å². The Bertz CT molecular complexity index is 480. The first-order valence-electron chi connectivity index (χ1n) is 8.47. The molecule has 0 saturated carbocycles. The van der Waals surface area contributed by atoms with Crippen LogP contribution < -0.4 is 0 Å². The maximum atomic E-state index is 10.9. The standard InChI is InChI=1S/2C8H13N3O2/c2*1-10-4-6-11(7-5-10)13-8(12)2-3-9/h2*2,4-7H2,1H3. The smallest absolute Gasteiger partial charge is 0.339 e. The number of piperazine rings is 2. The summed E-state index contributed by atoms with van der Waals surface area (Å²) in [5.41, 5.74) is 0. The number of carbonyl (C=O) groups is 2. The molecule has 0 aromatic rings. The van der Waals surface area contributed by atoms with Gasteiger partial charge in [-0.3, -0.25) is 0 Å². The fourth-order valence-corrected chi connectivity index (χ4v) is 2.24. The van der Waals surface area contributed by atoms with E-state index in [9.17, 15) is 9.59 Å². The molecule has 26 heavy (non-hydrogen) atoms. The van der Waals surface area contributed by atoms with Crippen LogP contribution in [0.3, 0.4) is 0 Å². The van der Waals surface area contributed by atoms with Gasteiger partial charge < -0.3 is 19.5 Å². The van der Waals surface area contributed by atoms with Crippen LogP contribution in [0.2, 0.25) is 0 Å². The van der Waals surface area contributed by atoms with E-state index >= 15 is 0 Å². The number of nitriles is 2. The third kappa shape index (κ3) is 9.30. The Labute approximate surface area is 153 Å². The van der Waals surface area contributed by atoms with Gasteiger partial charge >= 0.3 is 11.9 Å². The minimum absolute atomic E-state index is 0.174. The fourth-order valence-electron chi connectivity index (χ4n) is 2.24. The number of hydrogen-bond donors (Lipinski definition) is 0. The van der Waals surface area contributed by atoms with Crippen LogP contribution in [0.4, 0.5) is 0 Å². The third-order valence-corrected chi connectivity index (χ3v) is 3.83. The van der Waals surface area contributed by atoms with Crippen LogP contribution in [0.25, 0.3) is 0 Å². The van der Waals surface area contributed by atoms with Gasteiger partial charge in [0.05, 0.1) is 12.1 Å². The lowest BCUT2D eigenvalue weighted by molar-refractivity contribution is -0.196. The Morgan fingerprint density at radius 1 is 0.731 bits per heavy atom. The summed E-state index contributed by atoms with van der Waals surface area (Å²) in [7, 11) is 4.04. The summed E-state index contributed by atoms with van der Waals surface area (Å²) in [6.07, 6.45) is -0.349. The van der Waals surface area contributed by atoms with E-state index < -0.39 is 11.9 Å². The molecule has 2 saturated heterocycles. The molecule has 10 heteroatoms. The van der Waals surface area contributed by atoms with Crippen LogP contribution in [-0.4, -0.2) is 98.3 Å². The quantitative estimate of drug-likeness (QED) is 0.627. The van der Waals surface area contributed by atoms with Crippen LogP contribution in [0, 0.1) is 22.7 Å². The van der Waals surface area contributed by atoms with E-state index in [0.29, 0.717) is 26.2 Å². The Morgan fingerprint density at radius 2 is 1.04 bits per heavy atom. The van der Waals surface area contributed by atoms with E-state index in [1.54, 1.807) is 22.3 Å². The molecule has 0 atom stereocenters. The largest absolute Gasteiger partial charge is 0.367 e. The number of likely N-dealkylation sites (N-methyl/N-ethyl adjacent to an activating group) is 2. The predicted molar refractivity (Wildman–Crippen MR) is 90.8 cm³/mol. The summed E-state index contributed by atoms with van der Waals surface area (Å²) >= 11 is 0. The highest BCUT2D eigenvalue weighted by Crippen LogP contribution is 2.01. The van der Waals surface area contributed by atoms with Crippen LogP contribution >= 0.6 is 0 Å². The Kier molecular flexibility index (Phi) is 10.2. The highest BCUT2D eigenvalue weighted by molar-refractivity contribution is 5.71. The maximum Gasteiger partial charge on any atom is 0.339 e. The number of nitrogens with zero attached hydrogens (tertiary/aromatic N) is 6. The second-order valence-corrected chi connectivity index (χ2v) is 6.06. The Balaban J connectivity index is 0.000000260. The van der Waals surface area contributed by atoms with Gasteiger partial charge in [-0.2, -0.15) is 10.5 Å². The Hall–Kier alpha value is -2.24. The van der Waals surface area contributed by atoms with Gasteiger partial charge in [0.2, 0.25) is 0 Å². The minimum Gasteiger partial charge on any atom is -0.367 e. The first kappa shape index (κ1) is 21.8. The fraction of sp³-hybridized carbons (Fsp3) is 0.750. The monoisotopic (exact) mass is 366 g/mol. The molecule has 0 amide bonds. The zero-order chi connectivity index (χ0) is 19.4. The average molecular weight is 366 g/mol. The average Bonchev–Trinajstić information content (AvgIpc) is 2.60. The van der Waals surface area contributed by atoms with Crippen molar-refractivity contribution in [3.8, 4) is 12.1 Å². The molecule has 2 heterocycles. The zero-order valence-corrected chi connectivity index (χ0v) is 15.4. The van der Waals surface area contributed by atoms with E-state index in [1.165, 1.54) is 0 Å². The van der Waals surface area contributed by atoms with Crippen molar-refractivity contribution in [1.29, 1.82) is 10.5 Å². The molecule has 0 unspecified atom stereocenters. The van der Waals surface area contributed by atoms with Crippen LogP contribution in [0.5, 0.6) is 0 Å². The van der Waals surface area contributed by atoms with E-state index in [1.807, 2.05) is 14.1 Å². The van der Waals surface area contributed by atoms with Gasteiger partial charge in [0.15, 0.2) is 0 Å². The molecule has 0 aromatic heterocycles. The van der Waals surface area contributed by atoms with Gasteiger partial charge in [0.25, 0.3) is 0 Å². The summed E-state index contributed by atoms with van der Waals surface area (Å²) in [5.74, 6) is -0.931. The molecule has 2 fully saturated rings. The summed E-state index contributed by atoms with van der Waals surface area (Å²) in [5, 5.41) is 19.7. The van der Waals surface area contributed by atoms with Crippen molar-refractivity contribution in [2.45, 2.75) is 12.8 Å². The number of hydroxylamine groups is 4. The lowest BCUT2D eigenvalue weighted by Crippen LogP contribution is -2.45. The number of hydrogen-bond acceptors (Lipinski definition) is 10. The van der Waals surface area contributed by atoms with Gasteiger partial charge in [-0.05, 0) is 14.1 Å². The van der Waals surface area contributed by atoms with Crippen molar-refractivity contribution < 1.29 is 19.3 Å². The SMILES string of the molecule is CN1CCN(OC(=O)CC#N)CC1.CN1CCN(OC(=O)CC#N)CC1. The normalized spacial score (nSPS) is 19.4. The topological polar surface area (TPSA) is 113 Å². The molecule has 2 rings (SSSR count). The first-order chi connectivity index (χ1) is 12.4. The zero-order valence-electron chi connectivity index (χ0n) is 15.4. The number of rotatable bonds is 4. The summed E-state index contributed by atoms with van der Waals surface area (Å²) in [6.45, 7) is 6.42. The van der Waals surface area contributed by atoms with Crippen molar-refractivity contribution in [1.82, 2.24) is 19.9 Å². The highest BCUT2D eigenvalue weighted by Gasteiger charge is 2.18. The summed E-state index contributed by atoms with van der Waals surface area (Å²) < 4.78 is 0. The van der Waals surface area contributed by atoms with Gasteiger partial charge in [-0.1, -0.05) is 0 Å². The molecular weight excluding hydrogens is 340 g/mol. The first-order valence-corrected chi connectivity index (χ1v) is 8.47. The molecule has 144 valence electrons. The highest BCUT2D eigenvalue weighted by atomic mass is 16.7. The van der Waals surface area contributed by atoms with Crippen molar-refractivity contribution in [3.63, 3.8) is 0 Å². The van der Waals surface area contributed by atoms with Crippen molar-refractivity contribution in [3.05, 3.63) is 0 Å². The molecule has 2 aliphatic heterocycles. The molecule has 0 N–H and O–H groups in total. The van der Waals surface area contributed by atoms with Crippen LogP contribution in [-0.2, 0) is 19.3 Å². The second-order valence-electron chi connectivity index (χ2n) is 6.06. The van der Waals surface area contributed by atoms with E-state index in [2.05, 4.69) is 9.80 Å². The van der Waals surface area contributed by atoms with Crippen molar-refractivity contribution in [2.75, 3.05) is 66.5 Å². The summed E-state index contributed by atoms with van der Waals surface area (Å²) in [6, 6.07) is 3.51. The van der Waals surface area contributed by atoms with Crippen LogP contribution in [0.1, 0.15) is 12.8 Å². The van der Waals surface area contributed by atoms with Crippen molar-refractivity contribution in [2.24, 2.45) is 0 Å². The molecular formula is C16H26N6O4. The molecule has 10 nitrogen and oxygen atoms in total.